The maximum atomic E-state index is 12.5. The fourth-order valence-electron chi connectivity index (χ4n) is 0.886. The summed E-state index contributed by atoms with van der Waals surface area (Å²) in [5, 5.41) is 12.6. The van der Waals surface area contributed by atoms with Crippen molar-refractivity contribution in [3.8, 4) is 0 Å². The molecule has 0 saturated heterocycles. The summed E-state index contributed by atoms with van der Waals surface area (Å²) in [7, 11) is 0. The van der Waals surface area contributed by atoms with E-state index in [4.69, 9.17) is 0 Å². The minimum absolute atomic E-state index is 0.363. The van der Waals surface area contributed by atoms with Gasteiger partial charge in [0.25, 0.3) is 0 Å². The van der Waals surface area contributed by atoms with Gasteiger partial charge in [-0.2, -0.15) is 0 Å². The molecule has 1 aromatic heterocycles. The van der Waals surface area contributed by atoms with Crippen LogP contribution in [0.4, 0.5) is 10.2 Å². The third-order valence-corrected chi connectivity index (χ3v) is 2.14. The molecule has 2 N–H and O–H groups in total. The number of hydrogen-bond donors (Lipinski definition) is 2. The summed E-state index contributed by atoms with van der Waals surface area (Å²) < 4.78 is 12.5. The molecule has 1 atom stereocenters. The third-order valence-electron chi connectivity index (χ3n) is 2.14. The fourth-order valence-corrected chi connectivity index (χ4v) is 0.886. The van der Waals surface area contributed by atoms with E-state index in [2.05, 4.69) is 10.3 Å². The zero-order chi connectivity index (χ0) is 10.6. The van der Waals surface area contributed by atoms with E-state index in [1.165, 1.54) is 6.07 Å². The van der Waals surface area contributed by atoms with E-state index in [0.717, 1.165) is 6.20 Å². The molecule has 0 aliphatic rings. The molecular formula is C10H15FN2O. The monoisotopic (exact) mass is 198 g/mol. The zero-order valence-corrected chi connectivity index (χ0v) is 8.42. The Bertz CT molecular complexity index is 285. The quantitative estimate of drug-likeness (QED) is 0.775. The average molecular weight is 198 g/mol. The molecule has 3 nitrogen and oxygen atoms in total. The molecule has 0 aliphatic heterocycles. The van der Waals surface area contributed by atoms with Crippen LogP contribution < -0.4 is 5.32 Å². The second kappa shape index (κ2) is 4.37. The van der Waals surface area contributed by atoms with Crippen LogP contribution in [0.25, 0.3) is 0 Å². The van der Waals surface area contributed by atoms with Crippen molar-refractivity contribution in [1.29, 1.82) is 0 Å². The van der Waals surface area contributed by atoms with E-state index < -0.39 is 5.60 Å². The van der Waals surface area contributed by atoms with Crippen molar-refractivity contribution in [1.82, 2.24) is 4.98 Å². The molecule has 0 spiro atoms. The highest BCUT2D eigenvalue weighted by molar-refractivity contribution is 5.33. The number of aliphatic hydroxyl groups is 1. The Kier molecular flexibility index (Phi) is 3.41. The molecule has 78 valence electrons. The van der Waals surface area contributed by atoms with Gasteiger partial charge in [-0.3, -0.25) is 0 Å². The van der Waals surface area contributed by atoms with Gasteiger partial charge in [0.1, 0.15) is 11.6 Å². The van der Waals surface area contributed by atoms with Crippen LogP contribution in [-0.2, 0) is 0 Å². The molecule has 0 aliphatic carbocycles. The number of halogens is 1. The van der Waals surface area contributed by atoms with Gasteiger partial charge >= 0.3 is 0 Å². The SMILES string of the molecule is CCC(C)(O)CNc1ccc(F)cn1. The largest absolute Gasteiger partial charge is 0.388 e. The summed E-state index contributed by atoms with van der Waals surface area (Å²) >= 11 is 0. The first-order valence-electron chi connectivity index (χ1n) is 4.61. The maximum absolute atomic E-state index is 12.5. The van der Waals surface area contributed by atoms with Gasteiger partial charge in [0.15, 0.2) is 0 Å². The summed E-state index contributed by atoms with van der Waals surface area (Å²) in [6, 6.07) is 2.87. The van der Waals surface area contributed by atoms with Gasteiger partial charge in [-0.25, -0.2) is 9.37 Å². The Balaban J connectivity index is 2.50. The van der Waals surface area contributed by atoms with E-state index in [-0.39, 0.29) is 5.82 Å². The van der Waals surface area contributed by atoms with Gasteiger partial charge in [-0.05, 0) is 25.5 Å². The van der Waals surface area contributed by atoms with Crippen LogP contribution in [0.15, 0.2) is 18.3 Å². The van der Waals surface area contributed by atoms with Crippen molar-refractivity contribution in [2.45, 2.75) is 25.9 Å². The van der Waals surface area contributed by atoms with Gasteiger partial charge in [0, 0.05) is 6.54 Å². The maximum Gasteiger partial charge on any atom is 0.141 e. The number of hydrogen-bond acceptors (Lipinski definition) is 3. The highest BCUT2D eigenvalue weighted by atomic mass is 19.1. The van der Waals surface area contributed by atoms with Crippen LogP contribution in [0.5, 0.6) is 0 Å². The number of anilines is 1. The van der Waals surface area contributed by atoms with E-state index in [9.17, 15) is 9.50 Å². The van der Waals surface area contributed by atoms with Gasteiger partial charge in [0.2, 0.25) is 0 Å². The fraction of sp³-hybridized carbons (Fsp3) is 0.500. The van der Waals surface area contributed by atoms with Crippen LogP contribution in [0, 0.1) is 5.82 Å². The third kappa shape index (κ3) is 3.30. The Morgan fingerprint density at radius 2 is 2.29 bits per heavy atom. The zero-order valence-electron chi connectivity index (χ0n) is 8.42. The molecule has 1 unspecified atom stereocenters. The van der Waals surface area contributed by atoms with Crippen LogP contribution >= 0.6 is 0 Å². The van der Waals surface area contributed by atoms with Crippen molar-refractivity contribution < 1.29 is 9.50 Å². The van der Waals surface area contributed by atoms with E-state index in [0.29, 0.717) is 18.8 Å². The topological polar surface area (TPSA) is 45.1 Å². The van der Waals surface area contributed by atoms with Crippen LogP contribution in [0.1, 0.15) is 20.3 Å². The Morgan fingerprint density at radius 1 is 1.57 bits per heavy atom. The summed E-state index contributed by atoms with van der Waals surface area (Å²) in [6.45, 7) is 4.05. The first-order valence-corrected chi connectivity index (χ1v) is 4.61. The number of pyridine rings is 1. The highest BCUT2D eigenvalue weighted by Crippen LogP contribution is 2.10. The van der Waals surface area contributed by atoms with Crippen LogP contribution in [0.2, 0.25) is 0 Å². The van der Waals surface area contributed by atoms with Crippen LogP contribution in [0.3, 0.4) is 0 Å². The minimum atomic E-state index is -0.754. The van der Waals surface area contributed by atoms with Crippen molar-refractivity contribution in [2.24, 2.45) is 0 Å². The Morgan fingerprint density at radius 3 is 2.79 bits per heavy atom. The number of nitrogens with zero attached hydrogens (tertiary/aromatic N) is 1. The Labute approximate surface area is 83.0 Å². The van der Waals surface area contributed by atoms with E-state index in [1.807, 2.05) is 6.92 Å². The lowest BCUT2D eigenvalue weighted by Crippen LogP contribution is -2.32. The molecular weight excluding hydrogens is 183 g/mol. The Hall–Kier alpha value is -1.16. The summed E-state index contributed by atoms with van der Waals surface area (Å²) in [5.74, 6) is 0.206. The standard InChI is InChI=1S/C10H15FN2O/c1-3-10(2,14)7-13-9-5-4-8(11)6-12-9/h4-6,14H,3,7H2,1-2H3,(H,12,13). The van der Waals surface area contributed by atoms with Gasteiger partial charge in [-0.15, -0.1) is 0 Å². The minimum Gasteiger partial charge on any atom is -0.388 e. The molecule has 0 bridgehead atoms. The molecule has 0 fully saturated rings. The summed E-state index contributed by atoms with van der Waals surface area (Å²) in [6.07, 6.45) is 1.80. The molecule has 0 amide bonds. The normalized spacial score (nSPS) is 14.9. The number of rotatable bonds is 4. The predicted molar refractivity (Wildman–Crippen MR) is 53.6 cm³/mol. The van der Waals surface area contributed by atoms with Crippen molar-refractivity contribution in [3.63, 3.8) is 0 Å². The average Bonchev–Trinajstić information content (AvgIpc) is 2.17. The van der Waals surface area contributed by atoms with E-state index in [1.54, 1.807) is 13.0 Å². The van der Waals surface area contributed by atoms with Crippen molar-refractivity contribution in [3.05, 3.63) is 24.1 Å². The molecule has 1 rings (SSSR count). The first-order chi connectivity index (χ1) is 6.53. The van der Waals surface area contributed by atoms with Crippen molar-refractivity contribution in [2.75, 3.05) is 11.9 Å². The lowest BCUT2D eigenvalue weighted by Gasteiger charge is -2.21. The van der Waals surface area contributed by atoms with Crippen molar-refractivity contribution >= 4 is 5.82 Å². The highest BCUT2D eigenvalue weighted by Gasteiger charge is 2.16. The molecule has 0 radical (unpaired) electrons. The van der Waals surface area contributed by atoms with Gasteiger partial charge in [0.05, 0.1) is 11.8 Å². The summed E-state index contributed by atoms with van der Waals surface area (Å²) in [5.41, 5.74) is -0.754. The number of aromatic nitrogens is 1. The molecule has 4 heteroatoms. The molecule has 0 saturated carbocycles. The summed E-state index contributed by atoms with van der Waals surface area (Å²) in [4.78, 5) is 3.82. The number of nitrogens with one attached hydrogen (secondary N) is 1. The second-order valence-electron chi connectivity index (χ2n) is 3.57. The lowest BCUT2D eigenvalue weighted by atomic mass is 10.0. The smallest absolute Gasteiger partial charge is 0.141 e. The van der Waals surface area contributed by atoms with E-state index >= 15 is 0 Å². The molecule has 14 heavy (non-hydrogen) atoms. The van der Waals surface area contributed by atoms with Gasteiger partial charge in [-0.1, -0.05) is 6.92 Å². The molecule has 1 aromatic rings. The molecule has 1 heterocycles. The predicted octanol–water partition coefficient (Wildman–Crippen LogP) is 1.79. The molecule has 0 aromatic carbocycles. The lowest BCUT2D eigenvalue weighted by molar-refractivity contribution is 0.0696. The first kappa shape index (κ1) is 10.9. The van der Waals surface area contributed by atoms with Gasteiger partial charge < -0.3 is 10.4 Å². The second-order valence-corrected chi connectivity index (χ2v) is 3.57. The van der Waals surface area contributed by atoms with Crippen LogP contribution in [-0.4, -0.2) is 22.2 Å².